The van der Waals surface area contributed by atoms with Crippen molar-refractivity contribution in [1.82, 2.24) is 10.6 Å². The molecule has 2 rings (SSSR count). The van der Waals surface area contributed by atoms with Crippen molar-refractivity contribution < 1.29 is 9.59 Å². The molecule has 2 fully saturated rings. The van der Waals surface area contributed by atoms with Gasteiger partial charge < -0.3 is 10.6 Å². The van der Waals surface area contributed by atoms with E-state index in [-0.39, 0.29) is 17.9 Å². The maximum atomic E-state index is 11.4. The van der Waals surface area contributed by atoms with E-state index in [0.717, 1.165) is 25.0 Å². The van der Waals surface area contributed by atoms with E-state index >= 15 is 0 Å². The van der Waals surface area contributed by atoms with Gasteiger partial charge in [0, 0.05) is 17.4 Å². The molecule has 2 saturated heterocycles. The third-order valence-electron chi connectivity index (χ3n) is 3.59. The largest absolute Gasteiger partial charge is 0.332 e. The molecule has 104 valence electrons. The number of fused-ring (bicyclic) bond motifs is 1. The standard InChI is InChI=1S/C14H20N2O2S/c1-2-3-6-10(17)7-4-5-8-12-13-11(9-19-12)15-14(18)16-13/h11-13H,4-9H2,1H3,(H2,15,16,18)/t11-,12-,13-/m0/s1. The van der Waals surface area contributed by atoms with E-state index in [2.05, 4.69) is 22.5 Å². The van der Waals surface area contributed by atoms with Gasteiger partial charge in [-0.3, -0.25) is 4.79 Å². The van der Waals surface area contributed by atoms with Crippen molar-refractivity contribution in [3.8, 4) is 11.8 Å². The highest BCUT2D eigenvalue weighted by Gasteiger charge is 2.42. The van der Waals surface area contributed by atoms with Crippen LogP contribution in [0.3, 0.4) is 0 Å². The molecule has 2 N–H and O–H groups in total. The first kappa shape index (κ1) is 14.3. The van der Waals surface area contributed by atoms with Crippen LogP contribution in [0, 0.1) is 11.8 Å². The lowest BCUT2D eigenvalue weighted by Crippen LogP contribution is -2.36. The minimum atomic E-state index is -0.0337. The highest BCUT2D eigenvalue weighted by Crippen LogP contribution is 2.33. The van der Waals surface area contributed by atoms with Crippen molar-refractivity contribution >= 4 is 23.6 Å². The Morgan fingerprint density at radius 1 is 1.42 bits per heavy atom. The molecule has 0 bridgehead atoms. The van der Waals surface area contributed by atoms with Crippen molar-refractivity contribution in [2.24, 2.45) is 0 Å². The zero-order valence-electron chi connectivity index (χ0n) is 11.2. The van der Waals surface area contributed by atoms with Crippen LogP contribution in [0.15, 0.2) is 0 Å². The zero-order chi connectivity index (χ0) is 13.7. The fourth-order valence-corrected chi connectivity index (χ4v) is 4.13. The quantitative estimate of drug-likeness (QED) is 0.442. The molecule has 0 spiro atoms. The van der Waals surface area contributed by atoms with E-state index in [9.17, 15) is 9.59 Å². The molecule has 0 aromatic heterocycles. The second kappa shape index (κ2) is 6.85. The molecule has 3 atom stereocenters. The first-order valence-corrected chi connectivity index (χ1v) is 7.85. The number of carbonyl (C=O) groups is 2. The number of carbonyl (C=O) groups excluding carboxylic acids is 2. The molecule has 0 aliphatic carbocycles. The summed E-state index contributed by atoms with van der Waals surface area (Å²) in [6.07, 6.45) is 4.06. The number of amides is 2. The summed E-state index contributed by atoms with van der Waals surface area (Å²) in [4.78, 5) is 22.7. The SMILES string of the molecule is CC#CCC(=O)CCCC[C@@H]1SC[C@@H]2NC(=O)N[C@@H]21. The van der Waals surface area contributed by atoms with Crippen molar-refractivity contribution in [3.63, 3.8) is 0 Å². The highest BCUT2D eigenvalue weighted by molar-refractivity contribution is 8.00. The number of ketones is 1. The van der Waals surface area contributed by atoms with Crippen LogP contribution in [0.4, 0.5) is 4.79 Å². The molecule has 2 aliphatic rings. The number of hydrogen-bond acceptors (Lipinski definition) is 3. The predicted molar refractivity (Wildman–Crippen MR) is 77.0 cm³/mol. The third-order valence-corrected chi connectivity index (χ3v) is 5.10. The Bertz CT molecular complexity index is 413. The molecule has 0 aromatic rings. The maximum absolute atomic E-state index is 11.4. The van der Waals surface area contributed by atoms with Gasteiger partial charge in [-0.05, 0) is 19.8 Å². The molecule has 2 heterocycles. The van der Waals surface area contributed by atoms with Crippen LogP contribution in [0.5, 0.6) is 0 Å². The van der Waals surface area contributed by atoms with Crippen LogP contribution in [0.1, 0.15) is 39.0 Å². The number of unbranched alkanes of at least 4 members (excludes halogenated alkanes) is 1. The molecule has 19 heavy (non-hydrogen) atoms. The summed E-state index contributed by atoms with van der Waals surface area (Å²) >= 11 is 1.92. The van der Waals surface area contributed by atoms with Crippen LogP contribution >= 0.6 is 11.8 Å². The molecule has 2 amide bonds. The number of thioether (sulfide) groups is 1. The summed E-state index contributed by atoms with van der Waals surface area (Å²) < 4.78 is 0. The summed E-state index contributed by atoms with van der Waals surface area (Å²) in [5, 5.41) is 6.42. The Kier molecular flexibility index (Phi) is 5.15. The third kappa shape index (κ3) is 3.90. The second-order valence-electron chi connectivity index (χ2n) is 5.01. The summed E-state index contributed by atoms with van der Waals surface area (Å²) in [7, 11) is 0. The van der Waals surface area contributed by atoms with Gasteiger partial charge >= 0.3 is 6.03 Å². The Balaban J connectivity index is 1.62. The van der Waals surface area contributed by atoms with Gasteiger partial charge in [0.1, 0.15) is 5.78 Å². The first-order chi connectivity index (χ1) is 9.20. The minimum Gasteiger partial charge on any atom is -0.332 e. The molecule has 0 saturated carbocycles. The molecule has 0 unspecified atom stereocenters. The number of urea groups is 1. The molecular weight excluding hydrogens is 260 g/mol. The normalized spacial score (nSPS) is 28.1. The Labute approximate surface area is 118 Å². The van der Waals surface area contributed by atoms with Crippen molar-refractivity contribution in [3.05, 3.63) is 0 Å². The zero-order valence-corrected chi connectivity index (χ0v) is 12.0. The minimum absolute atomic E-state index is 0.0337. The molecular formula is C14H20N2O2S. The summed E-state index contributed by atoms with van der Waals surface area (Å²) in [5.41, 5.74) is 0. The molecule has 0 aromatic carbocycles. The Morgan fingerprint density at radius 2 is 2.26 bits per heavy atom. The molecule has 4 nitrogen and oxygen atoms in total. The van der Waals surface area contributed by atoms with E-state index in [1.165, 1.54) is 0 Å². The average Bonchev–Trinajstić information content (AvgIpc) is 2.92. The maximum Gasteiger partial charge on any atom is 0.315 e. The number of rotatable bonds is 6. The fraction of sp³-hybridized carbons (Fsp3) is 0.714. The first-order valence-electron chi connectivity index (χ1n) is 6.80. The molecule has 5 heteroatoms. The highest BCUT2D eigenvalue weighted by atomic mass is 32.2. The van der Waals surface area contributed by atoms with Gasteiger partial charge in [-0.15, -0.1) is 5.92 Å². The van der Waals surface area contributed by atoms with Gasteiger partial charge in [-0.25, -0.2) is 4.79 Å². The van der Waals surface area contributed by atoms with Crippen LogP contribution in [0.25, 0.3) is 0 Å². The van der Waals surface area contributed by atoms with Crippen LogP contribution < -0.4 is 10.6 Å². The van der Waals surface area contributed by atoms with Gasteiger partial charge in [0.25, 0.3) is 0 Å². The lowest BCUT2D eigenvalue weighted by atomic mass is 10.0. The van der Waals surface area contributed by atoms with Crippen LogP contribution in [-0.4, -0.2) is 34.9 Å². The fourth-order valence-electron chi connectivity index (χ4n) is 2.59. The summed E-state index contributed by atoms with van der Waals surface area (Å²) in [6.45, 7) is 1.75. The predicted octanol–water partition coefficient (Wildman–Crippen LogP) is 1.69. The van der Waals surface area contributed by atoms with Crippen molar-refractivity contribution in [2.75, 3.05) is 5.75 Å². The second-order valence-corrected chi connectivity index (χ2v) is 6.28. The summed E-state index contributed by atoms with van der Waals surface area (Å²) in [5.74, 6) is 6.78. The number of nitrogens with one attached hydrogen (secondary N) is 2. The van der Waals surface area contributed by atoms with E-state index in [0.29, 0.717) is 24.1 Å². The Morgan fingerprint density at radius 3 is 3.05 bits per heavy atom. The monoisotopic (exact) mass is 280 g/mol. The smallest absolute Gasteiger partial charge is 0.315 e. The van der Waals surface area contributed by atoms with Crippen molar-refractivity contribution in [2.45, 2.75) is 56.4 Å². The lowest BCUT2D eigenvalue weighted by molar-refractivity contribution is -0.118. The van der Waals surface area contributed by atoms with Gasteiger partial charge in [0.15, 0.2) is 0 Å². The van der Waals surface area contributed by atoms with Gasteiger partial charge in [-0.2, -0.15) is 11.8 Å². The lowest BCUT2D eigenvalue weighted by Gasteiger charge is -2.16. The van der Waals surface area contributed by atoms with E-state index in [1.807, 2.05) is 11.8 Å². The van der Waals surface area contributed by atoms with Crippen LogP contribution in [0.2, 0.25) is 0 Å². The topological polar surface area (TPSA) is 58.2 Å². The molecule has 2 aliphatic heterocycles. The van der Waals surface area contributed by atoms with Crippen molar-refractivity contribution in [1.29, 1.82) is 0 Å². The van der Waals surface area contributed by atoms with E-state index in [1.54, 1.807) is 6.92 Å². The van der Waals surface area contributed by atoms with Crippen LogP contribution in [-0.2, 0) is 4.79 Å². The van der Waals surface area contributed by atoms with Gasteiger partial charge in [0.05, 0.1) is 18.5 Å². The molecule has 0 radical (unpaired) electrons. The van der Waals surface area contributed by atoms with Gasteiger partial charge in [0.2, 0.25) is 0 Å². The number of hydrogen-bond donors (Lipinski definition) is 2. The Hall–Kier alpha value is -1.15. The number of Topliss-reactive ketones (excluding diaryl/α,β-unsaturated/α-hetero) is 1. The summed E-state index contributed by atoms with van der Waals surface area (Å²) in [6, 6.07) is 0.539. The van der Waals surface area contributed by atoms with E-state index in [4.69, 9.17) is 0 Å². The average molecular weight is 280 g/mol. The van der Waals surface area contributed by atoms with E-state index < -0.39 is 0 Å². The van der Waals surface area contributed by atoms with Gasteiger partial charge in [-0.1, -0.05) is 12.3 Å².